The average Bonchev–Trinajstić information content (AvgIpc) is 3.23. The van der Waals surface area contributed by atoms with Crippen LogP contribution in [0.15, 0.2) is 0 Å². The highest BCUT2D eigenvalue weighted by Crippen LogP contribution is 2.42. The number of aromatic nitrogens is 2. The molecule has 1 aromatic heterocycles. The third-order valence-electron chi connectivity index (χ3n) is 4.12. The summed E-state index contributed by atoms with van der Waals surface area (Å²) < 4.78 is 0. The standard InChI is InChI=1S/C14H21N3O2S/c1-20-7-5-12(18)14(19)17-6-4-11-10(8-17)13(16-15-11)9-2-3-9/h9,12,18H,2-8H2,1H3,(H,15,16). The van der Waals surface area contributed by atoms with Crippen molar-refractivity contribution in [1.82, 2.24) is 15.1 Å². The molecule has 1 fully saturated rings. The lowest BCUT2D eigenvalue weighted by Crippen LogP contribution is -2.42. The third-order valence-corrected chi connectivity index (χ3v) is 4.77. The lowest BCUT2D eigenvalue weighted by molar-refractivity contribution is -0.141. The van der Waals surface area contributed by atoms with Gasteiger partial charge in [-0.25, -0.2) is 0 Å². The van der Waals surface area contributed by atoms with Crippen LogP contribution in [0.3, 0.4) is 0 Å². The fourth-order valence-corrected chi connectivity index (χ4v) is 3.22. The number of nitrogens with zero attached hydrogens (tertiary/aromatic N) is 2. The van der Waals surface area contributed by atoms with Gasteiger partial charge in [0, 0.05) is 36.7 Å². The Labute approximate surface area is 123 Å². The van der Waals surface area contributed by atoms with Crippen LogP contribution in [0.4, 0.5) is 0 Å². The van der Waals surface area contributed by atoms with Crippen LogP contribution in [0.25, 0.3) is 0 Å². The fraction of sp³-hybridized carbons (Fsp3) is 0.714. The van der Waals surface area contributed by atoms with Crippen molar-refractivity contribution in [2.24, 2.45) is 0 Å². The first-order valence-corrected chi connectivity index (χ1v) is 8.62. The van der Waals surface area contributed by atoms with Gasteiger partial charge in [-0.05, 0) is 31.3 Å². The summed E-state index contributed by atoms with van der Waals surface area (Å²) in [6.45, 7) is 1.28. The van der Waals surface area contributed by atoms with Gasteiger partial charge in [-0.2, -0.15) is 16.9 Å². The first kappa shape index (κ1) is 13.9. The lowest BCUT2D eigenvalue weighted by atomic mass is 10.0. The minimum Gasteiger partial charge on any atom is -0.383 e. The molecule has 5 nitrogen and oxygen atoms in total. The molecule has 1 saturated carbocycles. The van der Waals surface area contributed by atoms with Gasteiger partial charge in [0.05, 0.1) is 5.69 Å². The molecule has 6 heteroatoms. The monoisotopic (exact) mass is 295 g/mol. The van der Waals surface area contributed by atoms with Crippen molar-refractivity contribution in [3.05, 3.63) is 17.0 Å². The number of aliphatic hydroxyl groups is 1. The SMILES string of the molecule is CSCCC(O)C(=O)N1CCc2[nH]nc(C3CC3)c2C1. The molecule has 1 atom stereocenters. The summed E-state index contributed by atoms with van der Waals surface area (Å²) in [5.74, 6) is 1.27. The summed E-state index contributed by atoms with van der Waals surface area (Å²) in [6, 6.07) is 0. The maximum absolute atomic E-state index is 12.3. The molecule has 2 heterocycles. The predicted molar refractivity (Wildman–Crippen MR) is 78.7 cm³/mol. The van der Waals surface area contributed by atoms with Crippen LogP contribution in [0, 0.1) is 0 Å². The number of nitrogens with one attached hydrogen (secondary N) is 1. The van der Waals surface area contributed by atoms with E-state index in [4.69, 9.17) is 0 Å². The van der Waals surface area contributed by atoms with Crippen LogP contribution in [-0.4, -0.2) is 50.8 Å². The number of carbonyl (C=O) groups excluding carboxylic acids is 1. The van der Waals surface area contributed by atoms with Gasteiger partial charge >= 0.3 is 0 Å². The largest absolute Gasteiger partial charge is 0.383 e. The van der Waals surface area contributed by atoms with Gasteiger partial charge in [0.1, 0.15) is 6.10 Å². The molecular weight excluding hydrogens is 274 g/mol. The molecule has 1 aromatic rings. The topological polar surface area (TPSA) is 69.2 Å². The number of rotatable bonds is 5. The van der Waals surface area contributed by atoms with Gasteiger partial charge in [0.2, 0.25) is 0 Å². The van der Waals surface area contributed by atoms with Crippen LogP contribution in [0.5, 0.6) is 0 Å². The van der Waals surface area contributed by atoms with Crippen LogP contribution in [0.2, 0.25) is 0 Å². The molecule has 2 N–H and O–H groups in total. The number of carbonyl (C=O) groups is 1. The Morgan fingerprint density at radius 2 is 2.40 bits per heavy atom. The number of hydrogen-bond acceptors (Lipinski definition) is 4. The Morgan fingerprint density at radius 1 is 1.60 bits per heavy atom. The summed E-state index contributed by atoms with van der Waals surface area (Å²) in [5, 5.41) is 17.5. The highest BCUT2D eigenvalue weighted by atomic mass is 32.2. The molecule has 1 amide bonds. The highest BCUT2D eigenvalue weighted by Gasteiger charge is 2.34. The molecule has 0 spiro atoms. The molecule has 1 unspecified atom stereocenters. The Morgan fingerprint density at radius 3 is 3.10 bits per heavy atom. The number of fused-ring (bicyclic) bond motifs is 1. The molecule has 110 valence electrons. The lowest BCUT2D eigenvalue weighted by Gasteiger charge is -2.29. The first-order chi connectivity index (χ1) is 9.70. The summed E-state index contributed by atoms with van der Waals surface area (Å²) in [6.07, 6.45) is 4.89. The van der Waals surface area contributed by atoms with E-state index in [2.05, 4.69) is 10.2 Å². The molecule has 3 rings (SSSR count). The molecular formula is C14H21N3O2S. The smallest absolute Gasteiger partial charge is 0.251 e. The number of H-pyrrole nitrogens is 1. The molecule has 0 radical (unpaired) electrons. The second kappa shape index (κ2) is 5.77. The minimum absolute atomic E-state index is 0.132. The van der Waals surface area contributed by atoms with Gasteiger partial charge < -0.3 is 10.0 Å². The number of hydrogen-bond donors (Lipinski definition) is 2. The van der Waals surface area contributed by atoms with Crippen molar-refractivity contribution in [3.8, 4) is 0 Å². The van der Waals surface area contributed by atoms with Crippen LogP contribution in [0.1, 0.15) is 42.1 Å². The third kappa shape index (κ3) is 2.72. The van der Waals surface area contributed by atoms with Crippen molar-refractivity contribution < 1.29 is 9.90 Å². The number of amides is 1. The Hall–Kier alpha value is -1.01. The second-order valence-electron chi connectivity index (χ2n) is 5.65. The van der Waals surface area contributed by atoms with E-state index in [0.29, 0.717) is 25.4 Å². The maximum atomic E-state index is 12.3. The molecule has 0 saturated heterocycles. The predicted octanol–water partition coefficient (Wildman–Crippen LogP) is 1.29. The summed E-state index contributed by atoms with van der Waals surface area (Å²) in [4.78, 5) is 14.1. The molecule has 1 aliphatic heterocycles. The quantitative estimate of drug-likeness (QED) is 0.859. The van der Waals surface area contributed by atoms with E-state index in [1.807, 2.05) is 6.26 Å². The van der Waals surface area contributed by atoms with Crippen molar-refractivity contribution in [1.29, 1.82) is 0 Å². The Balaban J connectivity index is 1.68. The minimum atomic E-state index is -0.861. The second-order valence-corrected chi connectivity index (χ2v) is 6.63. The molecule has 0 aromatic carbocycles. The maximum Gasteiger partial charge on any atom is 0.251 e. The molecule has 20 heavy (non-hydrogen) atoms. The van der Waals surface area contributed by atoms with Gasteiger partial charge in [-0.15, -0.1) is 0 Å². The van der Waals surface area contributed by atoms with E-state index in [1.165, 1.54) is 24.1 Å². The zero-order valence-electron chi connectivity index (χ0n) is 11.8. The van der Waals surface area contributed by atoms with Crippen LogP contribution < -0.4 is 0 Å². The number of aliphatic hydroxyl groups excluding tert-OH is 1. The normalized spacial score (nSPS) is 19.8. The van der Waals surface area contributed by atoms with Crippen molar-refractivity contribution in [2.75, 3.05) is 18.6 Å². The summed E-state index contributed by atoms with van der Waals surface area (Å²) >= 11 is 1.65. The van der Waals surface area contributed by atoms with E-state index < -0.39 is 6.10 Å². The van der Waals surface area contributed by atoms with E-state index in [1.54, 1.807) is 16.7 Å². The van der Waals surface area contributed by atoms with E-state index in [0.717, 1.165) is 17.9 Å². The Bertz CT molecular complexity index is 499. The van der Waals surface area contributed by atoms with Crippen molar-refractivity contribution >= 4 is 17.7 Å². The first-order valence-electron chi connectivity index (χ1n) is 7.22. The van der Waals surface area contributed by atoms with Crippen LogP contribution in [-0.2, 0) is 17.8 Å². The van der Waals surface area contributed by atoms with Gasteiger partial charge in [0.15, 0.2) is 0 Å². The molecule has 2 aliphatic rings. The molecule has 0 bridgehead atoms. The summed E-state index contributed by atoms with van der Waals surface area (Å²) in [5.41, 5.74) is 3.52. The number of thioether (sulfide) groups is 1. The van der Waals surface area contributed by atoms with Gasteiger partial charge in [0.25, 0.3) is 5.91 Å². The highest BCUT2D eigenvalue weighted by molar-refractivity contribution is 7.98. The Kier molecular flexibility index (Phi) is 4.03. The van der Waals surface area contributed by atoms with Gasteiger partial charge in [-0.3, -0.25) is 9.89 Å². The van der Waals surface area contributed by atoms with Crippen molar-refractivity contribution in [3.63, 3.8) is 0 Å². The van der Waals surface area contributed by atoms with E-state index in [-0.39, 0.29) is 5.91 Å². The zero-order valence-corrected chi connectivity index (χ0v) is 12.6. The summed E-state index contributed by atoms with van der Waals surface area (Å²) in [7, 11) is 0. The van der Waals surface area contributed by atoms with Crippen molar-refractivity contribution in [2.45, 2.75) is 44.2 Å². The molecule has 1 aliphatic carbocycles. The fourth-order valence-electron chi connectivity index (χ4n) is 2.76. The van der Waals surface area contributed by atoms with Crippen LogP contribution >= 0.6 is 11.8 Å². The number of aromatic amines is 1. The van der Waals surface area contributed by atoms with Gasteiger partial charge in [-0.1, -0.05) is 0 Å². The zero-order chi connectivity index (χ0) is 14.1. The average molecular weight is 295 g/mol. The van der Waals surface area contributed by atoms with E-state index in [9.17, 15) is 9.90 Å². The van der Waals surface area contributed by atoms with E-state index >= 15 is 0 Å².